The van der Waals surface area contributed by atoms with E-state index in [1.165, 1.54) is 29.2 Å². The highest BCUT2D eigenvalue weighted by Crippen LogP contribution is 2.08. The molecule has 0 bridgehead atoms. The van der Waals surface area contributed by atoms with Crippen LogP contribution in [0.2, 0.25) is 0 Å². The predicted molar refractivity (Wildman–Crippen MR) is 64.8 cm³/mol. The number of carbonyl (C=O) groups is 3. The number of rotatable bonds is 6. The van der Waals surface area contributed by atoms with Crippen molar-refractivity contribution >= 4 is 17.7 Å². The normalized spacial score (nSPS) is 10.0. The molecule has 0 aromatic heterocycles. The summed E-state index contributed by atoms with van der Waals surface area (Å²) in [5.41, 5.74) is 0.708. The highest BCUT2D eigenvalue weighted by Gasteiger charge is 2.20. The van der Waals surface area contributed by atoms with E-state index >= 15 is 0 Å². The molecular weight excluding hydrogens is 253 g/mol. The van der Waals surface area contributed by atoms with Gasteiger partial charge in [0, 0.05) is 13.1 Å². The Morgan fingerprint density at radius 2 is 1.79 bits per heavy atom. The van der Waals surface area contributed by atoms with Gasteiger partial charge in [-0.3, -0.25) is 9.59 Å². The fourth-order valence-electron chi connectivity index (χ4n) is 1.51. The van der Waals surface area contributed by atoms with Crippen LogP contribution in [0.5, 0.6) is 0 Å². The van der Waals surface area contributed by atoms with Crippen LogP contribution in [-0.2, 0) is 20.9 Å². The molecule has 1 aromatic rings. The number of hydrogen-bond acceptors (Lipinski definition) is 3. The number of hydrogen-bond donors (Lipinski definition) is 1. The topological polar surface area (TPSA) is 74.7 Å². The van der Waals surface area contributed by atoms with Gasteiger partial charge in [0.25, 0.3) is 0 Å². The zero-order valence-electron chi connectivity index (χ0n) is 10.4. The van der Waals surface area contributed by atoms with Crippen molar-refractivity contribution in [1.29, 1.82) is 0 Å². The van der Waals surface area contributed by atoms with Crippen molar-refractivity contribution in [3.05, 3.63) is 35.6 Å². The molecular formula is C13H14FNO4. The summed E-state index contributed by atoms with van der Waals surface area (Å²) in [5, 5.41) is 8.44. The van der Waals surface area contributed by atoms with Crippen molar-refractivity contribution in [2.45, 2.75) is 19.9 Å². The number of nitrogens with zero attached hydrogens (tertiary/aromatic N) is 1. The van der Waals surface area contributed by atoms with Gasteiger partial charge in [-0.2, -0.15) is 0 Å². The van der Waals surface area contributed by atoms with E-state index in [2.05, 4.69) is 0 Å². The van der Waals surface area contributed by atoms with Gasteiger partial charge in [-0.1, -0.05) is 12.1 Å². The summed E-state index contributed by atoms with van der Waals surface area (Å²) in [6.07, 6.45) is -0.662. The average Bonchev–Trinajstić information content (AvgIpc) is 2.37. The van der Waals surface area contributed by atoms with Gasteiger partial charge >= 0.3 is 5.97 Å². The number of ketones is 1. The summed E-state index contributed by atoms with van der Waals surface area (Å²) in [5.74, 6) is -3.69. The Bertz CT molecular complexity index is 484. The van der Waals surface area contributed by atoms with Gasteiger partial charge in [-0.15, -0.1) is 0 Å². The van der Waals surface area contributed by atoms with Gasteiger partial charge in [-0.05, 0) is 24.6 Å². The minimum Gasteiger partial charge on any atom is -0.475 e. The molecule has 0 fully saturated rings. The van der Waals surface area contributed by atoms with Crippen LogP contribution in [0.4, 0.5) is 4.39 Å². The summed E-state index contributed by atoms with van der Waals surface area (Å²) in [4.78, 5) is 34.4. The zero-order valence-corrected chi connectivity index (χ0v) is 10.4. The summed E-state index contributed by atoms with van der Waals surface area (Å²) in [7, 11) is 0. The summed E-state index contributed by atoms with van der Waals surface area (Å²) >= 11 is 0. The van der Waals surface area contributed by atoms with Crippen LogP contribution < -0.4 is 0 Å². The lowest BCUT2D eigenvalue weighted by atomic mass is 10.2. The molecule has 1 rings (SSSR count). The van der Waals surface area contributed by atoms with Crippen LogP contribution in [0.1, 0.15) is 18.9 Å². The fraction of sp³-hybridized carbons (Fsp3) is 0.308. The molecule has 102 valence electrons. The standard InChI is InChI=1S/C13H14FNO4/c1-2-15(12(17)7-11(16)13(18)19)8-9-3-5-10(14)6-4-9/h3-6H,2,7-8H2,1H3,(H,18,19). The third kappa shape index (κ3) is 4.50. The number of halogens is 1. The third-order valence-electron chi connectivity index (χ3n) is 2.57. The van der Waals surface area contributed by atoms with Gasteiger partial charge in [-0.25, -0.2) is 9.18 Å². The van der Waals surface area contributed by atoms with Crippen LogP contribution in [0, 0.1) is 5.82 Å². The Hall–Kier alpha value is -2.24. The average molecular weight is 267 g/mol. The number of carboxylic acids is 1. The molecule has 0 aliphatic rings. The molecule has 6 heteroatoms. The molecule has 5 nitrogen and oxygen atoms in total. The lowest BCUT2D eigenvalue weighted by Crippen LogP contribution is -2.33. The second-order valence-electron chi connectivity index (χ2n) is 3.94. The summed E-state index contributed by atoms with van der Waals surface area (Å²) in [6.45, 7) is 2.26. The van der Waals surface area contributed by atoms with E-state index in [4.69, 9.17) is 5.11 Å². The van der Waals surface area contributed by atoms with Gasteiger partial charge in [0.15, 0.2) is 0 Å². The highest BCUT2D eigenvalue weighted by atomic mass is 19.1. The van der Waals surface area contributed by atoms with Crippen LogP contribution >= 0.6 is 0 Å². The summed E-state index contributed by atoms with van der Waals surface area (Å²) < 4.78 is 12.7. The van der Waals surface area contributed by atoms with E-state index in [0.29, 0.717) is 12.1 Å². The number of amides is 1. The molecule has 1 N–H and O–H groups in total. The van der Waals surface area contributed by atoms with E-state index in [-0.39, 0.29) is 12.4 Å². The first kappa shape index (κ1) is 14.8. The molecule has 0 saturated carbocycles. The summed E-state index contributed by atoms with van der Waals surface area (Å²) in [6, 6.07) is 5.61. The first-order valence-corrected chi connectivity index (χ1v) is 5.72. The molecule has 0 unspecified atom stereocenters. The maximum absolute atomic E-state index is 12.7. The van der Waals surface area contributed by atoms with Gasteiger partial charge in [0.2, 0.25) is 11.7 Å². The molecule has 0 heterocycles. The Kier molecular flexibility index (Phi) is 5.17. The second-order valence-corrected chi connectivity index (χ2v) is 3.94. The Labute approximate surface area is 109 Å². The van der Waals surface area contributed by atoms with Crippen LogP contribution in [0.15, 0.2) is 24.3 Å². The number of carboxylic acid groups (broad SMARTS) is 1. The van der Waals surface area contributed by atoms with Crippen molar-refractivity contribution in [2.75, 3.05) is 6.54 Å². The molecule has 0 spiro atoms. The van der Waals surface area contributed by atoms with Gasteiger partial charge < -0.3 is 10.0 Å². The molecule has 0 aliphatic carbocycles. The number of benzene rings is 1. The van der Waals surface area contributed by atoms with E-state index in [0.717, 1.165) is 0 Å². The fourth-order valence-corrected chi connectivity index (χ4v) is 1.51. The van der Waals surface area contributed by atoms with Gasteiger partial charge in [0.05, 0.1) is 6.42 Å². The second kappa shape index (κ2) is 6.63. The van der Waals surface area contributed by atoms with Crippen LogP contribution in [0.3, 0.4) is 0 Å². The van der Waals surface area contributed by atoms with Crippen molar-refractivity contribution in [1.82, 2.24) is 4.90 Å². The monoisotopic (exact) mass is 267 g/mol. The number of aliphatic carboxylic acids is 1. The first-order valence-electron chi connectivity index (χ1n) is 5.72. The van der Waals surface area contributed by atoms with Crippen molar-refractivity contribution in [2.24, 2.45) is 0 Å². The smallest absolute Gasteiger partial charge is 0.372 e. The number of carbonyl (C=O) groups excluding carboxylic acids is 2. The Morgan fingerprint density at radius 1 is 1.21 bits per heavy atom. The third-order valence-corrected chi connectivity index (χ3v) is 2.57. The zero-order chi connectivity index (χ0) is 14.4. The molecule has 0 atom stereocenters. The highest BCUT2D eigenvalue weighted by molar-refractivity contribution is 6.36. The lowest BCUT2D eigenvalue weighted by Gasteiger charge is -2.20. The first-order chi connectivity index (χ1) is 8.93. The maximum Gasteiger partial charge on any atom is 0.372 e. The largest absolute Gasteiger partial charge is 0.475 e. The number of Topliss-reactive ketones (excluding diaryl/α,β-unsaturated/α-hetero) is 1. The SMILES string of the molecule is CCN(Cc1ccc(F)cc1)C(=O)CC(=O)C(=O)O. The maximum atomic E-state index is 12.7. The molecule has 19 heavy (non-hydrogen) atoms. The van der Waals surface area contributed by atoms with E-state index in [9.17, 15) is 18.8 Å². The van der Waals surface area contributed by atoms with Crippen molar-refractivity contribution in [3.8, 4) is 0 Å². The van der Waals surface area contributed by atoms with Crippen molar-refractivity contribution < 1.29 is 23.9 Å². The Morgan fingerprint density at radius 3 is 2.26 bits per heavy atom. The molecule has 1 aromatic carbocycles. The van der Waals surface area contributed by atoms with E-state index < -0.39 is 24.1 Å². The van der Waals surface area contributed by atoms with E-state index in [1.807, 2.05) is 0 Å². The quantitative estimate of drug-likeness (QED) is 0.621. The van der Waals surface area contributed by atoms with Crippen molar-refractivity contribution in [3.63, 3.8) is 0 Å². The lowest BCUT2D eigenvalue weighted by molar-refractivity contribution is -0.151. The molecule has 1 amide bonds. The van der Waals surface area contributed by atoms with Crippen LogP contribution in [-0.4, -0.2) is 34.2 Å². The molecule has 0 saturated heterocycles. The Balaban J connectivity index is 2.67. The minimum atomic E-state index is -1.62. The van der Waals surface area contributed by atoms with Crippen LogP contribution in [0.25, 0.3) is 0 Å². The molecule has 0 radical (unpaired) electrons. The predicted octanol–water partition coefficient (Wildman–Crippen LogP) is 1.22. The van der Waals surface area contributed by atoms with Gasteiger partial charge in [0.1, 0.15) is 5.82 Å². The minimum absolute atomic E-state index is 0.211. The van der Waals surface area contributed by atoms with E-state index in [1.54, 1.807) is 6.92 Å². The molecule has 0 aliphatic heterocycles.